The largest absolute Gasteiger partial charge is 0.480 e. The van der Waals surface area contributed by atoms with E-state index in [0.29, 0.717) is 6.42 Å². The first-order valence-electron chi connectivity index (χ1n) is 15.4. The second kappa shape index (κ2) is 20.5. The van der Waals surface area contributed by atoms with Crippen LogP contribution in [0.4, 0.5) is 0 Å². The summed E-state index contributed by atoms with van der Waals surface area (Å²) in [6.45, 7) is 2.22. The number of carboxylic acids is 1. The van der Waals surface area contributed by atoms with Crippen LogP contribution in [0.3, 0.4) is 0 Å². The number of amides is 5. The molecule has 1 rings (SSSR count). The molecule has 0 unspecified atom stereocenters. The molecule has 0 bridgehead atoms. The third-order valence-electron chi connectivity index (χ3n) is 7.29. The molecule has 1 aliphatic heterocycles. The van der Waals surface area contributed by atoms with Gasteiger partial charge in [-0.2, -0.15) is 0 Å². The quantitative estimate of drug-likeness (QED) is 0.0322. The van der Waals surface area contributed by atoms with Crippen molar-refractivity contribution >= 4 is 47.4 Å². The van der Waals surface area contributed by atoms with E-state index < -0.39 is 84.5 Å². The summed E-state index contributed by atoms with van der Waals surface area (Å²) in [5, 5.41) is 39.0. The van der Waals surface area contributed by atoms with Crippen LogP contribution in [0.5, 0.6) is 0 Å². The second-order valence-corrected chi connectivity index (χ2v) is 11.3. The SMILES string of the molecule is C[C@@H](O)[C@H](N)C(=O)N[C@@H](CCCN=C(N)N)C(=O)NCC(=O)N[C@H](C(=O)N[C@@H](CCCN=C(N)N)C(=O)N1CCC[C@H]1C(=O)O)[C@@H](C)O. The summed E-state index contributed by atoms with van der Waals surface area (Å²) in [6.07, 6.45) is -1.49. The Bertz CT molecular complexity index is 1190. The first-order chi connectivity index (χ1) is 22.5. The molecule has 0 aromatic rings. The molecule has 0 aromatic heterocycles. The molecule has 21 nitrogen and oxygen atoms in total. The van der Waals surface area contributed by atoms with Gasteiger partial charge >= 0.3 is 5.97 Å². The van der Waals surface area contributed by atoms with Gasteiger partial charge in [-0.3, -0.25) is 34.0 Å². The summed E-state index contributed by atoms with van der Waals surface area (Å²) in [6, 6.07) is -6.44. The molecule has 17 N–H and O–H groups in total. The second-order valence-electron chi connectivity index (χ2n) is 11.3. The topological polar surface area (TPSA) is 369 Å². The average Bonchev–Trinajstić information content (AvgIpc) is 3.50. The number of aliphatic hydroxyl groups excluding tert-OH is 2. The number of hydrogen-bond acceptors (Lipinski definition) is 11. The fourth-order valence-electron chi connectivity index (χ4n) is 4.69. The predicted molar refractivity (Wildman–Crippen MR) is 172 cm³/mol. The Morgan fingerprint density at radius 1 is 0.812 bits per heavy atom. The average molecular weight is 687 g/mol. The fourth-order valence-corrected chi connectivity index (χ4v) is 4.69. The lowest BCUT2D eigenvalue weighted by Gasteiger charge is -2.29. The van der Waals surface area contributed by atoms with Crippen molar-refractivity contribution in [3.05, 3.63) is 0 Å². The van der Waals surface area contributed by atoms with Crippen LogP contribution in [0.2, 0.25) is 0 Å². The van der Waals surface area contributed by atoms with Crippen molar-refractivity contribution in [1.82, 2.24) is 26.2 Å². The zero-order valence-electron chi connectivity index (χ0n) is 27.1. The Balaban J connectivity index is 2.98. The van der Waals surface area contributed by atoms with Gasteiger partial charge < -0.3 is 70.2 Å². The Kier molecular flexibility index (Phi) is 17.6. The number of nitrogens with one attached hydrogen (secondary N) is 4. The van der Waals surface area contributed by atoms with Gasteiger partial charge in [0.1, 0.15) is 30.2 Å². The van der Waals surface area contributed by atoms with E-state index in [2.05, 4.69) is 31.3 Å². The normalized spacial score (nSPS) is 17.8. The molecule has 1 fully saturated rings. The van der Waals surface area contributed by atoms with Gasteiger partial charge in [-0.25, -0.2) is 4.79 Å². The van der Waals surface area contributed by atoms with E-state index in [4.69, 9.17) is 28.7 Å². The van der Waals surface area contributed by atoms with E-state index in [-0.39, 0.29) is 63.7 Å². The van der Waals surface area contributed by atoms with Gasteiger partial charge in [0, 0.05) is 19.6 Å². The van der Waals surface area contributed by atoms with E-state index in [0.717, 1.165) is 4.90 Å². The summed E-state index contributed by atoms with van der Waals surface area (Å²) < 4.78 is 0. The zero-order chi connectivity index (χ0) is 36.6. The first kappa shape index (κ1) is 41.3. The number of nitrogens with two attached hydrogens (primary N) is 5. The smallest absolute Gasteiger partial charge is 0.326 e. The standard InChI is InChI=1S/C27H50N12O9/c1-13(40)19(28)22(44)36-15(6-3-9-33-26(29)30)21(43)35-12-18(42)38-20(14(2)41)23(45)37-16(7-4-10-34-27(31)32)24(46)39-11-5-8-17(39)25(47)48/h13-17,19-20,40-41H,3-12,28H2,1-2H3,(H,35,43)(H,36,44)(H,37,45)(H,38,42)(H,47,48)(H4,29,30,33)(H4,31,32,34)/t13-,14-,15+,16+,17+,19+,20+/m1/s1. The number of carbonyl (C=O) groups is 6. The molecular formula is C27H50N12O9. The molecule has 1 aliphatic rings. The lowest BCUT2D eigenvalue weighted by molar-refractivity contribution is -0.149. The summed E-state index contributed by atoms with van der Waals surface area (Å²) in [4.78, 5) is 85.2. The maximum absolute atomic E-state index is 13.4. The first-order valence-corrected chi connectivity index (χ1v) is 15.4. The highest BCUT2D eigenvalue weighted by Crippen LogP contribution is 2.20. The molecule has 1 saturated heterocycles. The molecule has 5 amide bonds. The van der Waals surface area contributed by atoms with Crippen molar-refractivity contribution in [2.75, 3.05) is 26.2 Å². The van der Waals surface area contributed by atoms with Crippen molar-refractivity contribution < 1.29 is 44.1 Å². The number of nitrogens with zero attached hydrogens (tertiary/aromatic N) is 3. The number of carboxylic acid groups (broad SMARTS) is 1. The maximum atomic E-state index is 13.4. The summed E-state index contributed by atoms with van der Waals surface area (Å²) in [5.74, 6) is -5.69. The molecule has 21 heteroatoms. The van der Waals surface area contributed by atoms with Crippen molar-refractivity contribution in [3.8, 4) is 0 Å². The molecule has 272 valence electrons. The van der Waals surface area contributed by atoms with Crippen LogP contribution >= 0.6 is 0 Å². The van der Waals surface area contributed by atoms with Crippen LogP contribution in [-0.2, 0) is 28.8 Å². The minimum atomic E-state index is -1.59. The van der Waals surface area contributed by atoms with Crippen molar-refractivity contribution in [2.24, 2.45) is 38.7 Å². The van der Waals surface area contributed by atoms with Crippen LogP contribution in [0.15, 0.2) is 9.98 Å². The van der Waals surface area contributed by atoms with Crippen LogP contribution in [-0.4, -0.2) is 136 Å². The minimum Gasteiger partial charge on any atom is -0.480 e. The number of rotatable bonds is 20. The zero-order valence-corrected chi connectivity index (χ0v) is 27.1. The van der Waals surface area contributed by atoms with E-state index in [1.807, 2.05) is 0 Å². The molecular weight excluding hydrogens is 636 g/mol. The van der Waals surface area contributed by atoms with Gasteiger partial charge in [0.15, 0.2) is 11.9 Å². The number of aliphatic carboxylic acids is 1. The van der Waals surface area contributed by atoms with Crippen molar-refractivity contribution in [3.63, 3.8) is 0 Å². The van der Waals surface area contributed by atoms with Crippen LogP contribution in [0.1, 0.15) is 52.4 Å². The molecule has 0 aromatic carbocycles. The molecule has 0 saturated carbocycles. The minimum absolute atomic E-state index is 0.00966. The molecule has 0 aliphatic carbocycles. The van der Waals surface area contributed by atoms with Gasteiger partial charge in [-0.1, -0.05) is 0 Å². The predicted octanol–water partition coefficient (Wildman–Crippen LogP) is -6.17. The molecule has 48 heavy (non-hydrogen) atoms. The highest BCUT2D eigenvalue weighted by molar-refractivity contribution is 5.95. The highest BCUT2D eigenvalue weighted by atomic mass is 16.4. The van der Waals surface area contributed by atoms with E-state index >= 15 is 0 Å². The van der Waals surface area contributed by atoms with Gasteiger partial charge in [0.05, 0.1) is 18.8 Å². The van der Waals surface area contributed by atoms with Crippen LogP contribution in [0, 0.1) is 0 Å². The molecule has 7 atom stereocenters. The van der Waals surface area contributed by atoms with Crippen molar-refractivity contribution in [1.29, 1.82) is 0 Å². The number of likely N-dealkylation sites (tertiary alicyclic amines) is 1. The van der Waals surface area contributed by atoms with Crippen LogP contribution in [0.25, 0.3) is 0 Å². The summed E-state index contributed by atoms with van der Waals surface area (Å²) in [5.41, 5.74) is 26.9. The molecule has 0 spiro atoms. The number of aliphatic hydroxyl groups is 2. The number of carbonyl (C=O) groups excluding carboxylic acids is 5. The van der Waals surface area contributed by atoms with E-state index in [1.54, 1.807) is 0 Å². The number of guanidine groups is 2. The third-order valence-corrected chi connectivity index (χ3v) is 7.29. The monoisotopic (exact) mass is 686 g/mol. The Hall–Kier alpha value is -4.76. The Morgan fingerprint density at radius 3 is 1.85 bits per heavy atom. The summed E-state index contributed by atoms with van der Waals surface area (Å²) >= 11 is 0. The lowest BCUT2D eigenvalue weighted by Crippen LogP contribution is -2.59. The Morgan fingerprint density at radius 2 is 1.35 bits per heavy atom. The number of hydrogen-bond donors (Lipinski definition) is 12. The molecule has 1 heterocycles. The number of aliphatic imine (C=N–C) groups is 2. The fraction of sp³-hybridized carbons (Fsp3) is 0.704. The van der Waals surface area contributed by atoms with E-state index in [9.17, 15) is 44.1 Å². The maximum Gasteiger partial charge on any atom is 0.326 e. The van der Waals surface area contributed by atoms with Gasteiger partial charge in [0.2, 0.25) is 29.5 Å². The third kappa shape index (κ3) is 14.3. The van der Waals surface area contributed by atoms with Crippen LogP contribution < -0.4 is 49.9 Å². The molecule has 0 radical (unpaired) electrons. The van der Waals surface area contributed by atoms with Gasteiger partial charge in [-0.15, -0.1) is 0 Å². The lowest BCUT2D eigenvalue weighted by atomic mass is 10.1. The summed E-state index contributed by atoms with van der Waals surface area (Å²) in [7, 11) is 0. The van der Waals surface area contributed by atoms with E-state index in [1.165, 1.54) is 13.8 Å². The highest BCUT2D eigenvalue weighted by Gasteiger charge is 2.38. The Labute approximate surface area is 277 Å². The van der Waals surface area contributed by atoms with Crippen molar-refractivity contribution in [2.45, 2.75) is 94.8 Å². The van der Waals surface area contributed by atoms with Gasteiger partial charge in [0.25, 0.3) is 0 Å². The van der Waals surface area contributed by atoms with Gasteiger partial charge in [-0.05, 0) is 52.4 Å².